The highest BCUT2D eigenvalue weighted by Gasteiger charge is 2.34. The maximum absolute atomic E-state index is 13.3. The summed E-state index contributed by atoms with van der Waals surface area (Å²) in [7, 11) is 0. The van der Waals surface area contributed by atoms with Crippen molar-refractivity contribution in [2.45, 2.75) is 27.7 Å². The third kappa shape index (κ3) is 3.82. The Morgan fingerprint density at radius 2 is 1.69 bits per heavy atom. The van der Waals surface area contributed by atoms with Crippen LogP contribution >= 0.6 is 28.1 Å². The highest BCUT2D eigenvalue weighted by atomic mass is 79.9. The molecule has 4 rings (SSSR count). The van der Waals surface area contributed by atoms with Gasteiger partial charge in [0.1, 0.15) is 5.57 Å². The Balaban J connectivity index is 1.78. The molecule has 2 amide bonds. The van der Waals surface area contributed by atoms with Gasteiger partial charge in [-0.25, -0.2) is 0 Å². The second kappa shape index (κ2) is 8.48. The van der Waals surface area contributed by atoms with E-state index in [1.807, 2.05) is 38.1 Å². The summed E-state index contributed by atoms with van der Waals surface area (Å²) >= 11 is 8.68. The first-order valence-electron chi connectivity index (χ1n) is 10.1. The van der Waals surface area contributed by atoms with E-state index in [-0.39, 0.29) is 10.7 Å². The van der Waals surface area contributed by atoms with Gasteiger partial charge in [0, 0.05) is 21.5 Å². The predicted molar refractivity (Wildman–Crippen MR) is 135 cm³/mol. The van der Waals surface area contributed by atoms with Crippen molar-refractivity contribution in [3.05, 3.63) is 86.7 Å². The van der Waals surface area contributed by atoms with Crippen molar-refractivity contribution in [2.75, 3.05) is 4.90 Å². The number of aryl methyl sites for hydroxylation is 2. The topological polar surface area (TPSA) is 54.3 Å². The van der Waals surface area contributed by atoms with Crippen molar-refractivity contribution in [3.63, 3.8) is 0 Å². The van der Waals surface area contributed by atoms with E-state index in [1.54, 1.807) is 18.2 Å². The van der Waals surface area contributed by atoms with Crippen molar-refractivity contribution in [2.24, 2.45) is 0 Å². The zero-order valence-electron chi connectivity index (χ0n) is 18.2. The monoisotopic (exact) mass is 507 g/mol. The van der Waals surface area contributed by atoms with Crippen LogP contribution in [0.15, 0.2) is 58.6 Å². The van der Waals surface area contributed by atoms with Gasteiger partial charge in [0.2, 0.25) is 0 Å². The number of hydrogen-bond acceptors (Lipinski definition) is 3. The zero-order chi connectivity index (χ0) is 23.2. The molecule has 0 spiro atoms. The number of amides is 2. The Morgan fingerprint density at radius 3 is 2.38 bits per heavy atom. The van der Waals surface area contributed by atoms with E-state index in [4.69, 9.17) is 12.2 Å². The first-order valence-corrected chi connectivity index (χ1v) is 11.3. The number of hydrogen-bond donors (Lipinski definition) is 1. The number of halogens is 1. The summed E-state index contributed by atoms with van der Waals surface area (Å²) in [5.74, 6) is -0.942. The van der Waals surface area contributed by atoms with Crippen LogP contribution in [0.1, 0.15) is 28.1 Å². The molecule has 0 radical (unpaired) electrons. The molecule has 1 aliphatic rings. The van der Waals surface area contributed by atoms with Gasteiger partial charge in [-0.05, 0) is 99.1 Å². The molecule has 0 bridgehead atoms. The number of thiocarbonyl (C=S) groups is 1. The number of nitrogens with zero attached hydrogens (tertiary/aromatic N) is 2. The lowest BCUT2D eigenvalue weighted by Gasteiger charge is -2.29. The summed E-state index contributed by atoms with van der Waals surface area (Å²) < 4.78 is 3.03. The van der Waals surface area contributed by atoms with Crippen LogP contribution in [0, 0.1) is 27.7 Å². The molecule has 0 unspecified atom stereocenters. The number of carbonyl (C=O) groups is 2. The van der Waals surface area contributed by atoms with Crippen molar-refractivity contribution in [3.8, 4) is 5.69 Å². The van der Waals surface area contributed by atoms with Gasteiger partial charge in [-0.15, -0.1) is 0 Å². The van der Waals surface area contributed by atoms with E-state index in [2.05, 4.69) is 51.8 Å². The highest BCUT2D eigenvalue weighted by Crippen LogP contribution is 2.28. The van der Waals surface area contributed by atoms with E-state index in [0.29, 0.717) is 5.69 Å². The summed E-state index contributed by atoms with van der Waals surface area (Å²) in [6, 6.07) is 15.4. The van der Waals surface area contributed by atoms with Gasteiger partial charge in [0.15, 0.2) is 5.11 Å². The van der Waals surface area contributed by atoms with Crippen LogP contribution in [-0.2, 0) is 9.59 Å². The zero-order valence-corrected chi connectivity index (χ0v) is 20.6. The average molecular weight is 508 g/mol. The van der Waals surface area contributed by atoms with Crippen LogP contribution in [0.2, 0.25) is 0 Å². The molecule has 7 heteroatoms. The lowest BCUT2D eigenvalue weighted by atomic mass is 10.1. The van der Waals surface area contributed by atoms with Crippen LogP contribution in [0.4, 0.5) is 5.69 Å². The van der Waals surface area contributed by atoms with Crippen LogP contribution in [-0.4, -0.2) is 21.5 Å². The molecule has 1 N–H and O–H groups in total. The van der Waals surface area contributed by atoms with E-state index in [0.717, 1.165) is 27.1 Å². The summed E-state index contributed by atoms with van der Waals surface area (Å²) in [5.41, 5.74) is 6.90. The molecule has 0 saturated carbocycles. The molecule has 162 valence electrons. The molecular formula is C25H22BrN3O2S. The van der Waals surface area contributed by atoms with Crippen molar-refractivity contribution < 1.29 is 9.59 Å². The quantitative estimate of drug-likeness (QED) is 0.297. The van der Waals surface area contributed by atoms with Crippen molar-refractivity contribution in [1.29, 1.82) is 0 Å². The summed E-state index contributed by atoms with van der Waals surface area (Å²) in [6.45, 7) is 8.18. The van der Waals surface area contributed by atoms with Gasteiger partial charge in [-0.3, -0.25) is 19.8 Å². The maximum atomic E-state index is 13.3. The predicted octanol–water partition coefficient (Wildman–Crippen LogP) is 5.30. The van der Waals surface area contributed by atoms with E-state index in [1.165, 1.54) is 16.0 Å². The largest absolute Gasteiger partial charge is 0.318 e. The number of nitrogens with one attached hydrogen (secondary N) is 1. The fourth-order valence-electron chi connectivity index (χ4n) is 3.92. The third-order valence-electron chi connectivity index (χ3n) is 5.77. The van der Waals surface area contributed by atoms with Crippen molar-refractivity contribution in [1.82, 2.24) is 9.88 Å². The molecule has 32 heavy (non-hydrogen) atoms. The minimum Gasteiger partial charge on any atom is -0.318 e. The molecular weight excluding hydrogens is 486 g/mol. The van der Waals surface area contributed by atoms with Gasteiger partial charge >= 0.3 is 0 Å². The fraction of sp³-hybridized carbons (Fsp3) is 0.160. The van der Waals surface area contributed by atoms with E-state index < -0.39 is 11.8 Å². The molecule has 0 aliphatic carbocycles. The van der Waals surface area contributed by atoms with E-state index in [9.17, 15) is 9.59 Å². The Morgan fingerprint density at radius 1 is 1.00 bits per heavy atom. The van der Waals surface area contributed by atoms with E-state index >= 15 is 0 Å². The number of benzene rings is 2. The Bertz CT molecular complexity index is 1310. The highest BCUT2D eigenvalue weighted by molar-refractivity contribution is 9.10. The molecule has 2 aromatic carbocycles. The van der Waals surface area contributed by atoms with Crippen LogP contribution in [0.3, 0.4) is 0 Å². The molecule has 5 nitrogen and oxygen atoms in total. The summed E-state index contributed by atoms with van der Waals surface area (Å²) in [4.78, 5) is 27.3. The molecule has 1 aromatic heterocycles. The third-order valence-corrected chi connectivity index (χ3v) is 6.59. The Hall–Kier alpha value is -3.03. The molecule has 3 aromatic rings. The first kappa shape index (κ1) is 22.2. The fourth-order valence-corrected chi connectivity index (χ4v) is 4.47. The average Bonchev–Trinajstić information content (AvgIpc) is 3.01. The molecule has 0 atom stereocenters. The molecule has 1 saturated heterocycles. The normalized spacial score (nSPS) is 15.5. The first-order chi connectivity index (χ1) is 15.2. The van der Waals surface area contributed by atoms with Gasteiger partial charge in [-0.1, -0.05) is 28.1 Å². The second-order valence-electron chi connectivity index (χ2n) is 7.82. The van der Waals surface area contributed by atoms with Gasteiger partial charge in [0.05, 0.1) is 5.69 Å². The second-order valence-corrected chi connectivity index (χ2v) is 9.12. The lowest BCUT2D eigenvalue weighted by molar-refractivity contribution is -0.122. The Labute approximate surface area is 200 Å². The van der Waals surface area contributed by atoms with Gasteiger partial charge in [0.25, 0.3) is 11.8 Å². The summed E-state index contributed by atoms with van der Waals surface area (Å²) in [5, 5.41) is 2.71. The summed E-state index contributed by atoms with van der Waals surface area (Å²) in [6.07, 6.45) is 1.65. The van der Waals surface area contributed by atoms with Crippen LogP contribution < -0.4 is 10.2 Å². The van der Waals surface area contributed by atoms with Crippen molar-refractivity contribution >= 4 is 56.8 Å². The Kier molecular flexibility index (Phi) is 5.88. The minimum atomic E-state index is -0.495. The standard InChI is InChI=1S/C25H22BrN3O2S/c1-14-6-5-7-22(16(14)3)28-15(2)12-18(17(28)4)13-21-23(30)27-25(32)29(24(21)31)20-10-8-19(26)9-11-20/h5-13H,1-4H3,(H,27,30,32). The molecule has 1 fully saturated rings. The molecule has 1 aliphatic heterocycles. The number of rotatable bonds is 3. The number of anilines is 1. The van der Waals surface area contributed by atoms with Gasteiger partial charge < -0.3 is 4.57 Å². The van der Waals surface area contributed by atoms with Crippen LogP contribution in [0.5, 0.6) is 0 Å². The number of carbonyl (C=O) groups excluding carboxylic acids is 2. The van der Waals surface area contributed by atoms with Gasteiger partial charge in [-0.2, -0.15) is 0 Å². The smallest absolute Gasteiger partial charge is 0.270 e. The SMILES string of the molecule is Cc1cccc(-n2c(C)cc(C=C3C(=O)NC(=S)N(c4ccc(Br)cc4)C3=O)c2C)c1C. The van der Waals surface area contributed by atoms with Crippen LogP contribution in [0.25, 0.3) is 11.8 Å². The minimum absolute atomic E-state index is 0.0442. The number of aromatic nitrogens is 1. The molecule has 2 heterocycles. The maximum Gasteiger partial charge on any atom is 0.270 e. The lowest BCUT2D eigenvalue weighted by Crippen LogP contribution is -2.54.